The van der Waals surface area contributed by atoms with E-state index in [0.29, 0.717) is 0 Å². The molecule has 2 rings (SSSR count). The topological polar surface area (TPSA) is 100 Å². The Kier molecular flexibility index (Phi) is 5.27. The van der Waals surface area contributed by atoms with Gasteiger partial charge >= 0.3 is 0 Å². The van der Waals surface area contributed by atoms with E-state index in [0.717, 1.165) is 5.56 Å². The SMILES string of the molecule is CC(C)C(c1cccnc1)N(C)C(=O)C1NNC(C)C1[N+](=O)[O-]. The molecular formula is C15H23N5O3. The number of nitro groups is 1. The highest BCUT2D eigenvalue weighted by Gasteiger charge is 2.48. The number of pyridine rings is 1. The van der Waals surface area contributed by atoms with E-state index in [-0.39, 0.29) is 17.9 Å². The van der Waals surface area contributed by atoms with Crippen molar-refractivity contribution in [1.29, 1.82) is 0 Å². The molecule has 23 heavy (non-hydrogen) atoms. The summed E-state index contributed by atoms with van der Waals surface area (Å²) in [6.45, 7) is 5.71. The maximum absolute atomic E-state index is 12.8. The molecule has 0 radical (unpaired) electrons. The highest BCUT2D eigenvalue weighted by Crippen LogP contribution is 2.28. The number of likely N-dealkylation sites (N-methyl/N-ethyl adjacent to an activating group) is 1. The second kappa shape index (κ2) is 7.01. The minimum atomic E-state index is -0.994. The van der Waals surface area contributed by atoms with E-state index < -0.39 is 23.0 Å². The summed E-state index contributed by atoms with van der Waals surface area (Å²) in [6.07, 6.45) is 3.40. The Morgan fingerprint density at radius 3 is 2.65 bits per heavy atom. The van der Waals surface area contributed by atoms with Gasteiger partial charge in [-0.15, -0.1) is 0 Å². The summed E-state index contributed by atoms with van der Waals surface area (Å²) in [4.78, 5) is 29.4. The van der Waals surface area contributed by atoms with Crippen LogP contribution in [-0.2, 0) is 4.79 Å². The largest absolute Gasteiger partial charge is 0.337 e. The van der Waals surface area contributed by atoms with Crippen LogP contribution in [0.2, 0.25) is 0 Å². The van der Waals surface area contributed by atoms with Gasteiger partial charge in [0.15, 0.2) is 6.04 Å². The summed E-state index contributed by atoms with van der Waals surface area (Å²) in [7, 11) is 1.68. The molecule has 0 spiro atoms. The summed E-state index contributed by atoms with van der Waals surface area (Å²) in [5, 5.41) is 11.3. The van der Waals surface area contributed by atoms with Crippen LogP contribution in [0.15, 0.2) is 24.5 Å². The molecule has 2 N–H and O–H groups in total. The van der Waals surface area contributed by atoms with Crippen molar-refractivity contribution >= 4 is 5.91 Å². The third-order valence-corrected chi connectivity index (χ3v) is 4.25. The number of hydrogen-bond donors (Lipinski definition) is 2. The molecule has 2 heterocycles. The first-order valence-electron chi connectivity index (χ1n) is 7.65. The van der Waals surface area contributed by atoms with E-state index in [1.165, 1.54) is 0 Å². The number of carbonyl (C=O) groups is 1. The predicted molar refractivity (Wildman–Crippen MR) is 84.9 cm³/mol. The van der Waals surface area contributed by atoms with Gasteiger partial charge in [-0.25, -0.2) is 10.9 Å². The quantitative estimate of drug-likeness (QED) is 0.613. The Morgan fingerprint density at radius 2 is 2.13 bits per heavy atom. The fourth-order valence-corrected chi connectivity index (χ4v) is 3.16. The van der Waals surface area contributed by atoms with E-state index in [2.05, 4.69) is 15.8 Å². The maximum atomic E-state index is 12.8. The number of nitrogens with zero attached hydrogens (tertiary/aromatic N) is 3. The van der Waals surface area contributed by atoms with Gasteiger partial charge in [0.25, 0.3) is 6.04 Å². The van der Waals surface area contributed by atoms with Crippen LogP contribution in [0.4, 0.5) is 0 Å². The molecule has 8 nitrogen and oxygen atoms in total. The standard InChI is InChI=1S/C15H23N5O3/c1-9(2)13(11-6-5-7-16-8-11)19(4)15(21)12-14(20(22)23)10(3)17-18-12/h5-10,12-14,17-18H,1-4H3. The fraction of sp³-hybridized carbons (Fsp3) is 0.600. The van der Waals surface area contributed by atoms with Crippen molar-refractivity contribution in [3.05, 3.63) is 40.2 Å². The van der Waals surface area contributed by atoms with Crippen LogP contribution in [0.3, 0.4) is 0 Å². The Bertz CT molecular complexity index is 565. The molecule has 0 saturated carbocycles. The predicted octanol–water partition coefficient (Wildman–Crippen LogP) is 0.747. The van der Waals surface area contributed by atoms with Gasteiger partial charge in [-0.05, 0) is 24.5 Å². The zero-order valence-electron chi connectivity index (χ0n) is 13.8. The second-order valence-electron chi connectivity index (χ2n) is 6.26. The van der Waals surface area contributed by atoms with Crippen LogP contribution < -0.4 is 10.9 Å². The number of nitrogens with one attached hydrogen (secondary N) is 2. The van der Waals surface area contributed by atoms with Crippen molar-refractivity contribution in [3.8, 4) is 0 Å². The smallest absolute Gasteiger partial charge is 0.254 e. The lowest BCUT2D eigenvalue weighted by Gasteiger charge is -2.33. The molecule has 1 saturated heterocycles. The summed E-state index contributed by atoms with van der Waals surface area (Å²) >= 11 is 0. The van der Waals surface area contributed by atoms with E-state index >= 15 is 0 Å². The van der Waals surface area contributed by atoms with Gasteiger partial charge in [0.1, 0.15) is 0 Å². The summed E-state index contributed by atoms with van der Waals surface area (Å²) in [6, 6.07) is 1.24. The van der Waals surface area contributed by atoms with Crippen molar-refractivity contribution in [2.75, 3.05) is 7.05 Å². The molecular weight excluding hydrogens is 298 g/mol. The zero-order valence-corrected chi connectivity index (χ0v) is 13.8. The summed E-state index contributed by atoms with van der Waals surface area (Å²) < 4.78 is 0. The lowest BCUT2D eigenvalue weighted by Crippen LogP contribution is -2.51. The van der Waals surface area contributed by atoms with Crippen LogP contribution in [0.1, 0.15) is 32.4 Å². The number of hydrogen-bond acceptors (Lipinski definition) is 6. The first-order chi connectivity index (χ1) is 10.8. The van der Waals surface area contributed by atoms with Gasteiger partial charge in [-0.1, -0.05) is 19.9 Å². The molecule has 0 aromatic carbocycles. The van der Waals surface area contributed by atoms with Crippen molar-refractivity contribution in [1.82, 2.24) is 20.7 Å². The van der Waals surface area contributed by atoms with Gasteiger partial charge in [-0.2, -0.15) is 0 Å². The van der Waals surface area contributed by atoms with E-state index in [1.807, 2.05) is 26.0 Å². The Hall–Kier alpha value is -2.06. The number of carbonyl (C=O) groups excluding carboxylic acids is 1. The summed E-state index contributed by atoms with van der Waals surface area (Å²) in [5.74, 6) is -0.153. The highest BCUT2D eigenvalue weighted by molar-refractivity contribution is 5.83. The van der Waals surface area contributed by atoms with Crippen LogP contribution in [-0.4, -0.2) is 45.9 Å². The van der Waals surface area contributed by atoms with Crippen LogP contribution in [0.25, 0.3) is 0 Å². The van der Waals surface area contributed by atoms with Gasteiger partial charge in [0, 0.05) is 24.4 Å². The minimum absolute atomic E-state index is 0.147. The van der Waals surface area contributed by atoms with Crippen molar-refractivity contribution in [3.63, 3.8) is 0 Å². The monoisotopic (exact) mass is 321 g/mol. The third kappa shape index (κ3) is 3.48. The van der Waals surface area contributed by atoms with E-state index in [9.17, 15) is 14.9 Å². The lowest BCUT2D eigenvalue weighted by atomic mass is 9.94. The molecule has 1 aromatic heterocycles. The maximum Gasteiger partial charge on any atom is 0.254 e. The van der Waals surface area contributed by atoms with Crippen LogP contribution in [0.5, 0.6) is 0 Å². The Balaban J connectivity index is 2.25. The molecule has 4 unspecified atom stereocenters. The molecule has 1 aromatic rings. The number of amides is 1. The minimum Gasteiger partial charge on any atom is -0.337 e. The van der Waals surface area contributed by atoms with Crippen molar-refractivity contribution < 1.29 is 9.72 Å². The van der Waals surface area contributed by atoms with Gasteiger partial charge in [-0.3, -0.25) is 19.9 Å². The molecule has 126 valence electrons. The normalized spacial score (nSPS) is 25.3. The average molecular weight is 321 g/mol. The molecule has 1 fully saturated rings. The van der Waals surface area contributed by atoms with E-state index in [1.54, 1.807) is 31.3 Å². The molecule has 1 amide bonds. The van der Waals surface area contributed by atoms with Crippen molar-refractivity contribution in [2.45, 2.75) is 44.9 Å². The van der Waals surface area contributed by atoms with Crippen molar-refractivity contribution in [2.24, 2.45) is 5.92 Å². The first-order valence-corrected chi connectivity index (χ1v) is 7.65. The molecule has 0 aliphatic carbocycles. The molecule has 1 aliphatic rings. The lowest BCUT2D eigenvalue weighted by molar-refractivity contribution is -0.523. The van der Waals surface area contributed by atoms with E-state index in [4.69, 9.17) is 0 Å². The highest BCUT2D eigenvalue weighted by atomic mass is 16.6. The van der Waals surface area contributed by atoms with Crippen LogP contribution >= 0.6 is 0 Å². The second-order valence-corrected chi connectivity index (χ2v) is 6.26. The average Bonchev–Trinajstić information content (AvgIpc) is 2.89. The fourth-order valence-electron chi connectivity index (χ4n) is 3.16. The number of hydrazine groups is 1. The molecule has 4 atom stereocenters. The third-order valence-electron chi connectivity index (χ3n) is 4.25. The number of aromatic nitrogens is 1. The summed E-state index contributed by atoms with van der Waals surface area (Å²) in [5.41, 5.74) is 6.47. The molecule has 0 bridgehead atoms. The number of rotatable bonds is 5. The zero-order chi connectivity index (χ0) is 17.1. The molecule has 1 aliphatic heterocycles. The van der Waals surface area contributed by atoms with Gasteiger partial charge in [0.05, 0.1) is 12.1 Å². The first kappa shape index (κ1) is 17.3. The Labute approximate surface area is 135 Å². The Morgan fingerprint density at radius 1 is 1.43 bits per heavy atom. The van der Waals surface area contributed by atoms with Gasteiger partial charge in [0.2, 0.25) is 5.91 Å². The molecule has 8 heteroatoms. The van der Waals surface area contributed by atoms with Crippen LogP contribution in [0, 0.1) is 16.0 Å². The van der Waals surface area contributed by atoms with Gasteiger partial charge < -0.3 is 4.90 Å².